The van der Waals surface area contributed by atoms with Crippen molar-refractivity contribution in [2.45, 2.75) is 12.8 Å². The van der Waals surface area contributed by atoms with Crippen LogP contribution in [0.5, 0.6) is 0 Å². The molecule has 2 aromatic heterocycles. The van der Waals surface area contributed by atoms with Gasteiger partial charge in [-0.3, -0.25) is 9.89 Å². The molecule has 0 bridgehead atoms. The summed E-state index contributed by atoms with van der Waals surface area (Å²) in [7, 11) is 0. The number of amides is 1. The van der Waals surface area contributed by atoms with Crippen molar-refractivity contribution in [2.24, 2.45) is 0 Å². The van der Waals surface area contributed by atoms with Crippen LogP contribution in [0.3, 0.4) is 0 Å². The van der Waals surface area contributed by atoms with Gasteiger partial charge in [-0.1, -0.05) is 17.7 Å². The summed E-state index contributed by atoms with van der Waals surface area (Å²) in [5, 5.41) is 15.0. The lowest BCUT2D eigenvalue weighted by Crippen LogP contribution is -2.26. The van der Waals surface area contributed by atoms with Gasteiger partial charge in [0.25, 0.3) is 5.91 Å². The largest absolute Gasteiger partial charge is 0.344 e. The Morgan fingerprint density at radius 2 is 2.23 bits per heavy atom. The van der Waals surface area contributed by atoms with Crippen molar-refractivity contribution in [2.75, 3.05) is 10.6 Å². The number of nitrogens with zero attached hydrogens (tertiary/aromatic N) is 1. The van der Waals surface area contributed by atoms with E-state index in [-0.39, 0.29) is 16.8 Å². The minimum absolute atomic E-state index is 0.0396. The standard InChI is InChI=1S/C18H14ClFN4OS/c1-9-15(18(25)23-10-4-5-13(20)12(19)7-10)16(14-3-2-6-26-14)11-8-21-24-17(11)22-9/h2-8,16H,1H3,(H,23,25)(H2,21,22,24). The van der Waals surface area contributed by atoms with Crippen LogP contribution in [0.1, 0.15) is 23.3 Å². The number of carbonyl (C=O) groups is 1. The first-order valence-corrected chi connectivity index (χ1v) is 9.11. The van der Waals surface area contributed by atoms with E-state index in [4.69, 9.17) is 11.6 Å². The fraction of sp³-hybridized carbons (Fsp3) is 0.111. The number of thiophene rings is 1. The maximum absolute atomic E-state index is 13.4. The Kier molecular flexibility index (Phi) is 4.26. The fourth-order valence-electron chi connectivity index (χ4n) is 3.07. The SMILES string of the molecule is CC1=C(C(=O)Nc2ccc(F)c(Cl)c2)C(c2cccs2)c2cn[nH]c2N1. The second-order valence-corrected chi connectivity index (χ2v) is 7.28. The summed E-state index contributed by atoms with van der Waals surface area (Å²) in [4.78, 5) is 14.1. The first-order valence-electron chi connectivity index (χ1n) is 7.85. The van der Waals surface area contributed by atoms with E-state index in [1.165, 1.54) is 18.2 Å². The number of H-pyrrole nitrogens is 1. The number of allylic oxidation sites excluding steroid dienone is 1. The lowest BCUT2D eigenvalue weighted by molar-refractivity contribution is -0.113. The Morgan fingerprint density at radius 1 is 1.38 bits per heavy atom. The van der Waals surface area contributed by atoms with Gasteiger partial charge in [-0.25, -0.2) is 4.39 Å². The average molecular weight is 389 g/mol. The molecule has 1 aliphatic rings. The van der Waals surface area contributed by atoms with E-state index >= 15 is 0 Å². The molecular weight excluding hydrogens is 375 g/mol. The highest BCUT2D eigenvalue weighted by atomic mass is 35.5. The number of halogens is 2. The molecule has 0 saturated heterocycles. The van der Waals surface area contributed by atoms with E-state index in [0.717, 1.165) is 22.0 Å². The number of hydrogen-bond acceptors (Lipinski definition) is 4. The summed E-state index contributed by atoms with van der Waals surface area (Å²) in [5.41, 5.74) is 2.65. The van der Waals surface area contributed by atoms with Crippen LogP contribution in [0.25, 0.3) is 0 Å². The van der Waals surface area contributed by atoms with E-state index < -0.39 is 5.82 Å². The molecule has 3 aromatic rings. The number of aromatic nitrogens is 2. The fourth-order valence-corrected chi connectivity index (χ4v) is 4.10. The van der Waals surface area contributed by atoms with Crippen molar-refractivity contribution in [3.63, 3.8) is 0 Å². The number of benzene rings is 1. The molecule has 1 aromatic carbocycles. The number of rotatable bonds is 3. The Labute approximate surface area is 157 Å². The molecule has 1 atom stereocenters. The highest BCUT2D eigenvalue weighted by Crippen LogP contribution is 2.42. The van der Waals surface area contributed by atoms with Gasteiger partial charge in [0.1, 0.15) is 11.6 Å². The van der Waals surface area contributed by atoms with Crippen LogP contribution in [0.4, 0.5) is 15.9 Å². The van der Waals surface area contributed by atoms with E-state index in [0.29, 0.717) is 11.3 Å². The number of fused-ring (bicyclic) bond motifs is 1. The summed E-state index contributed by atoms with van der Waals surface area (Å²) in [6, 6.07) is 8.04. The van der Waals surface area contributed by atoms with Gasteiger partial charge >= 0.3 is 0 Å². The van der Waals surface area contributed by atoms with Gasteiger partial charge in [-0.05, 0) is 36.6 Å². The molecule has 0 fully saturated rings. The number of carbonyl (C=O) groups excluding carboxylic acids is 1. The maximum Gasteiger partial charge on any atom is 0.254 e. The van der Waals surface area contributed by atoms with Crippen molar-refractivity contribution >= 4 is 40.4 Å². The molecule has 1 unspecified atom stereocenters. The Bertz CT molecular complexity index is 1010. The third-order valence-corrected chi connectivity index (χ3v) is 5.46. The first-order chi connectivity index (χ1) is 12.5. The Hall–Kier alpha value is -2.64. The van der Waals surface area contributed by atoms with Gasteiger partial charge < -0.3 is 10.6 Å². The predicted octanol–water partition coefficient (Wildman–Crippen LogP) is 4.73. The molecule has 0 aliphatic carbocycles. The summed E-state index contributed by atoms with van der Waals surface area (Å²) in [5.74, 6) is -0.259. The van der Waals surface area contributed by atoms with E-state index in [2.05, 4.69) is 20.8 Å². The van der Waals surface area contributed by atoms with E-state index in [9.17, 15) is 9.18 Å². The molecule has 0 spiro atoms. The minimum Gasteiger partial charge on any atom is -0.344 e. The Morgan fingerprint density at radius 3 is 2.96 bits per heavy atom. The van der Waals surface area contributed by atoms with E-state index in [1.54, 1.807) is 17.5 Å². The lowest BCUT2D eigenvalue weighted by Gasteiger charge is -2.27. The highest BCUT2D eigenvalue weighted by Gasteiger charge is 2.34. The smallest absolute Gasteiger partial charge is 0.254 e. The number of hydrogen-bond donors (Lipinski definition) is 3. The highest BCUT2D eigenvalue weighted by molar-refractivity contribution is 7.10. The lowest BCUT2D eigenvalue weighted by atomic mass is 9.86. The third-order valence-electron chi connectivity index (χ3n) is 4.23. The molecule has 3 heterocycles. The average Bonchev–Trinajstić information content (AvgIpc) is 3.28. The van der Waals surface area contributed by atoms with Crippen molar-refractivity contribution < 1.29 is 9.18 Å². The van der Waals surface area contributed by atoms with Crippen LogP contribution >= 0.6 is 22.9 Å². The summed E-state index contributed by atoms with van der Waals surface area (Å²) in [6.45, 7) is 1.84. The molecule has 8 heteroatoms. The van der Waals surface area contributed by atoms with Crippen LogP contribution in [0, 0.1) is 5.82 Å². The Balaban J connectivity index is 1.72. The third kappa shape index (κ3) is 2.89. The topological polar surface area (TPSA) is 69.8 Å². The monoisotopic (exact) mass is 388 g/mol. The number of aromatic amines is 1. The van der Waals surface area contributed by atoms with Gasteiger partial charge in [0.15, 0.2) is 0 Å². The molecule has 3 N–H and O–H groups in total. The van der Waals surface area contributed by atoms with Gasteiger partial charge in [0.05, 0.1) is 17.1 Å². The summed E-state index contributed by atoms with van der Waals surface area (Å²) >= 11 is 7.39. The minimum atomic E-state index is -0.529. The molecule has 1 amide bonds. The number of anilines is 2. The molecule has 4 rings (SSSR count). The van der Waals surface area contributed by atoms with Crippen molar-refractivity contribution in [1.29, 1.82) is 0 Å². The molecule has 26 heavy (non-hydrogen) atoms. The molecule has 5 nitrogen and oxygen atoms in total. The van der Waals surface area contributed by atoms with Gasteiger partial charge in [0, 0.05) is 27.4 Å². The van der Waals surface area contributed by atoms with Gasteiger partial charge in [-0.2, -0.15) is 5.10 Å². The predicted molar refractivity (Wildman–Crippen MR) is 101 cm³/mol. The first kappa shape index (κ1) is 16.8. The van der Waals surface area contributed by atoms with Crippen molar-refractivity contribution in [3.05, 3.63) is 74.5 Å². The summed E-state index contributed by atoms with van der Waals surface area (Å²) < 4.78 is 13.4. The molecule has 132 valence electrons. The van der Waals surface area contributed by atoms with Crippen LogP contribution in [-0.2, 0) is 4.79 Å². The van der Waals surface area contributed by atoms with Gasteiger partial charge in [-0.15, -0.1) is 11.3 Å². The van der Waals surface area contributed by atoms with Crippen molar-refractivity contribution in [3.8, 4) is 0 Å². The van der Waals surface area contributed by atoms with Crippen LogP contribution in [-0.4, -0.2) is 16.1 Å². The van der Waals surface area contributed by atoms with Crippen LogP contribution in [0.15, 0.2) is 53.2 Å². The number of nitrogens with one attached hydrogen (secondary N) is 3. The van der Waals surface area contributed by atoms with Crippen molar-refractivity contribution in [1.82, 2.24) is 10.2 Å². The zero-order valence-corrected chi connectivity index (χ0v) is 15.2. The molecule has 1 aliphatic heterocycles. The molecular formula is C18H14ClFN4OS. The van der Waals surface area contributed by atoms with Crippen LogP contribution in [0.2, 0.25) is 5.02 Å². The second kappa shape index (κ2) is 6.59. The zero-order valence-electron chi connectivity index (χ0n) is 13.6. The van der Waals surface area contributed by atoms with Crippen LogP contribution < -0.4 is 10.6 Å². The second-order valence-electron chi connectivity index (χ2n) is 5.90. The molecule has 0 saturated carbocycles. The normalized spacial score (nSPS) is 16.2. The quantitative estimate of drug-likeness (QED) is 0.607. The van der Waals surface area contributed by atoms with Gasteiger partial charge in [0.2, 0.25) is 0 Å². The summed E-state index contributed by atoms with van der Waals surface area (Å²) in [6.07, 6.45) is 1.72. The van der Waals surface area contributed by atoms with E-state index in [1.807, 2.05) is 24.4 Å². The maximum atomic E-state index is 13.4. The zero-order chi connectivity index (χ0) is 18.3. The molecule has 0 radical (unpaired) electrons.